The van der Waals surface area contributed by atoms with Crippen LogP contribution >= 0.6 is 0 Å². The van der Waals surface area contributed by atoms with Gasteiger partial charge in [-0.3, -0.25) is 29.2 Å². The quantitative estimate of drug-likeness (QED) is 0.0280. The fraction of sp³-hybridized carbons (Fsp3) is 0.466. The first-order chi connectivity index (χ1) is 37.3. The highest BCUT2D eigenvalue weighted by atomic mass is 32.2. The first kappa shape index (κ1) is 56.0. The van der Waals surface area contributed by atoms with Crippen LogP contribution in [0.4, 0.5) is 10.1 Å². The predicted octanol–water partition coefficient (Wildman–Crippen LogP) is 5.93. The Kier molecular flexibility index (Phi) is 16.7. The topological polar surface area (TPSA) is 240 Å². The number of amides is 3. The van der Waals surface area contributed by atoms with Crippen molar-refractivity contribution in [3.63, 3.8) is 0 Å². The molecule has 9 rings (SSSR count). The van der Waals surface area contributed by atoms with Gasteiger partial charge in [0.15, 0.2) is 11.1 Å². The van der Waals surface area contributed by atoms with E-state index in [0.717, 1.165) is 22.4 Å². The van der Waals surface area contributed by atoms with E-state index in [1.165, 1.54) is 28.1 Å². The number of aryl methyl sites for hydroxylation is 1. The van der Waals surface area contributed by atoms with Gasteiger partial charge in [-0.2, -0.15) is 0 Å². The molecule has 2 aromatic heterocycles. The number of likely N-dealkylation sites (N-methyl/N-ethyl adjacent to an activating group) is 1. The maximum Gasteiger partial charge on any atom is 0.324 e. The molecule has 2 saturated heterocycles. The molecule has 6 bridgehead atoms. The lowest BCUT2D eigenvalue weighted by molar-refractivity contribution is -0.156. The molecule has 3 amide bonds. The van der Waals surface area contributed by atoms with Crippen molar-refractivity contribution in [2.24, 2.45) is 11.3 Å². The summed E-state index contributed by atoms with van der Waals surface area (Å²) in [6, 6.07) is 13.8. The predicted molar refractivity (Wildman–Crippen MR) is 293 cm³/mol. The van der Waals surface area contributed by atoms with Crippen LogP contribution in [0.25, 0.3) is 33.3 Å². The number of hydrazine groups is 1. The molecule has 3 aromatic carbocycles. The number of hydrogen-bond acceptors (Lipinski definition) is 13. The molecule has 0 spiro atoms. The number of ether oxygens (including phenoxy) is 3. The van der Waals surface area contributed by atoms with Crippen molar-refractivity contribution in [2.75, 3.05) is 58.5 Å². The number of carbonyl (C=O) groups is 4. The van der Waals surface area contributed by atoms with Crippen molar-refractivity contribution in [3.05, 3.63) is 101 Å². The summed E-state index contributed by atoms with van der Waals surface area (Å²) >= 11 is -1.93. The number of carbonyl (C=O) groups excluding carboxylic acids is 4. The Balaban J connectivity index is 1.13. The SMILES string of the molecule is CCn1c2c3c4cc(c(F)cc41)-c1cc(O)cc(c1)CC(NC(=O)C(C(C)C)N(C)C(=O)C1OCCC1c1ccc(N)cc1)C(=O)N1CCCC(N1)C(=O)OCC(C)(C)C3C(OC)c1ncc(C#CCNCCS(=O)O)cc1-2. The zero-order chi connectivity index (χ0) is 55.7. The number of phenolic OH excluding ortho intramolecular Hbond substituents is 1. The highest BCUT2D eigenvalue weighted by molar-refractivity contribution is 7.79. The van der Waals surface area contributed by atoms with Crippen LogP contribution in [-0.4, -0.2) is 134 Å². The molecule has 8 atom stereocenters. The fourth-order valence-corrected chi connectivity index (χ4v) is 12.2. The van der Waals surface area contributed by atoms with E-state index in [4.69, 9.17) is 29.5 Å². The van der Waals surface area contributed by atoms with Crippen molar-refractivity contribution in [1.82, 2.24) is 35.5 Å². The van der Waals surface area contributed by atoms with E-state index in [-0.39, 0.29) is 49.1 Å². The molecule has 5 heterocycles. The first-order valence-corrected chi connectivity index (χ1v) is 27.8. The smallest absolute Gasteiger partial charge is 0.324 e. The van der Waals surface area contributed by atoms with Crippen LogP contribution in [0.15, 0.2) is 66.9 Å². The van der Waals surface area contributed by atoms with E-state index in [1.54, 1.807) is 44.6 Å². The molecule has 0 saturated carbocycles. The molecule has 414 valence electrons. The van der Waals surface area contributed by atoms with E-state index in [9.17, 15) is 28.5 Å². The molecule has 8 unspecified atom stereocenters. The Morgan fingerprint density at radius 3 is 2.59 bits per heavy atom. The molecule has 18 nitrogen and oxygen atoms in total. The number of nitrogen functional groups attached to an aromatic ring is 1. The largest absolute Gasteiger partial charge is 0.508 e. The highest BCUT2D eigenvalue weighted by Gasteiger charge is 2.48. The summed E-state index contributed by atoms with van der Waals surface area (Å²) in [4.78, 5) is 64.8. The van der Waals surface area contributed by atoms with Crippen molar-refractivity contribution in [3.8, 4) is 40.0 Å². The Morgan fingerprint density at radius 2 is 1.87 bits per heavy atom. The van der Waals surface area contributed by atoms with Gasteiger partial charge in [-0.1, -0.05) is 57.7 Å². The third kappa shape index (κ3) is 11.3. The summed E-state index contributed by atoms with van der Waals surface area (Å²) in [7, 11) is 3.15. The van der Waals surface area contributed by atoms with E-state index < -0.39 is 88.2 Å². The lowest BCUT2D eigenvalue weighted by Gasteiger charge is -2.42. The molecule has 5 aromatic rings. The molecule has 3 aliphatic heterocycles. The van der Waals surface area contributed by atoms with Crippen LogP contribution in [0.2, 0.25) is 0 Å². The number of nitrogens with zero attached hydrogens (tertiary/aromatic N) is 4. The van der Waals surface area contributed by atoms with Gasteiger partial charge in [-0.15, -0.1) is 0 Å². The number of pyridine rings is 1. The summed E-state index contributed by atoms with van der Waals surface area (Å²) in [5, 5.41) is 19.5. The maximum atomic E-state index is 17.2. The van der Waals surface area contributed by atoms with E-state index in [0.29, 0.717) is 77.9 Å². The first-order valence-electron chi connectivity index (χ1n) is 26.6. The monoisotopic (exact) mass is 1090 g/mol. The summed E-state index contributed by atoms with van der Waals surface area (Å²) in [5.41, 5.74) is 14.7. The number of anilines is 1. The van der Waals surface area contributed by atoms with Gasteiger partial charge in [0.05, 0.1) is 35.8 Å². The molecule has 7 N–H and O–H groups in total. The van der Waals surface area contributed by atoms with Gasteiger partial charge >= 0.3 is 5.97 Å². The van der Waals surface area contributed by atoms with Crippen LogP contribution < -0.4 is 21.8 Å². The van der Waals surface area contributed by atoms with Gasteiger partial charge in [0, 0.05) is 98.0 Å². The molecular weight excluding hydrogens is 1020 g/mol. The lowest BCUT2D eigenvalue weighted by atomic mass is 9.67. The standard InChI is InChI=1S/C58H69FN8O10S/c1-8-66-46-29-43(59)40-28-41(46)47-48(53(75-7)49-42(51(47)66)25-33(30-62-49)11-9-18-61-19-22-78(73)74)58(4,5)31-77-57(72)44-12-10-20-67(64-44)55(70)45(26-34-23-36(40)27-38(68)24-34)63-54(69)50(32(2)3)65(6)56(71)52-39(17-21-76-52)35-13-15-37(60)16-14-35/h13-16,23-25,27-30,32,39,44-45,48,50,52-53,61,64,68H,8,10,12,17-22,26,31,60H2,1-7H3,(H,63,69)(H,73,74). The Labute approximate surface area is 456 Å². The van der Waals surface area contributed by atoms with Crippen molar-refractivity contribution in [2.45, 2.75) is 109 Å². The van der Waals surface area contributed by atoms with Crippen LogP contribution in [0.1, 0.15) is 99.8 Å². The molecule has 0 radical (unpaired) electrons. The van der Waals surface area contributed by atoms with E-state index in [1.807, 2.05) is 57.4 Å². The minimum atomic E-state index is -1.93. The number of rotatable bonds is 12. The number of hydrogen-bond donors (Lipinski definition) is 6. The minimum Gasteiger partial charge on any atom is -0.508 e. The molecular formula is C58H69FN8O10S. The number of nitrogens with two attached hydrogens (primary N) is 1. The number of halogens is 1. The number of methoxy groups -OCH3 is 1. The average Bonchev–Trinajstić information content (AvgIpc) is 4.02. The number of phenols is 1. The molecule has 78 heavy (non-hydrogen) atoms. The highest BCUT2D eigenvalue weighted by Crippen LogP contribution is 2.57. The van der Waals surface area contributed by atoms with Crippen LogP contribution in [-0.2, 0) is 57.4 Å². The van der Waals surface area contributed by atoms with Gasteiger partial charge < -0.3 is 49.7 Å². The second-order valence-electron chi connectivity index (χ2n) is 21.7. The number of cyclic esters (lactones) is 1. The van der Waals surface area contributed by atoms with Gasteiger partial charge in [-0.05, 0) is 96.8 Å². The number of esters is 1. The van der Waals surface area contributed by atoms with Gasteiger partial charge in [0.1, 0.15) is 41.9 Å². The van der Waals surface area contributed by atoms with Crippen molar-refractivity contribution >= 4 is 51.4 Å². The zero-order valence-corrected chi connectivity index (χ0v) is 45.9. The Hall–Kier alpha value is -6.73. The summed E-state index contributed by atoms with van der Waals surface area (Å²) in [6.07, 6.45) is 1.32. The molecule has 1 aliphatic carbocycles. The van der Waals surface area contributed by atoms with Crippen LogP contribution in [0.5, 0.6) is 5.75 Å². The number of benzene rings is 3. The molecule has 2 fully saturated rings. The second kappa shape index (κ2) is 23.3. The van der Waals surface area contributed by atoms with Gasteiger partial charge in [-0.25, -0.2) is 14.0 Å². The molecule has 4 aliphatic rings. The Bertz CT molecular complexity index is 3210. The van der Waals surface area contributed by atoms with E-state index in [2.05, 4.69) is 27.9 Å². The number of fused-ring (bicyclic) bond motifs is 8. The zero-order valence-electron chi connectivity index (χ0n) is 45.1. The normalized spacial score (nSPS) is 22.7. The van der Waals surface area contributed by atoms with Crippen molar-refractivity contribution in [1.29, 1.82) is 0 Å². The van der Waals surface area contributed by atoms with Gasteiger partial charge in [0.25, 0.3) is 11.8 Å². The average molecular weight is 1090 g/mol. The third-order valence-electron chi connectivity index (χ3n) is 15.6. The summed E-state index contributed by atoms with van der Waals surface area (Å²) in [6.45, 7) is 11.0. The lowest BCUT2D eigenvalue weighted by Crippen LogP contribution is -2.62. The summed E-state index contributed by atoms with van der Waals surface area (Å²) in [5.74, 6) is 2.13. The van der Waals surface area contributed by atoms with Crippen molar-refractivity contribution < 1.29 is 51.6 Å². The van der Waals surface area contributed by atoms with Crippen LogP contribution in [0, 0.1) is 29.0 Å². The third-order valence-corrected chi connectivity index (χ3v) is 16.1. The van der Waals surface area contributed by atoms with Crippen LogP contribution in [0.3, 0.4) is 0 Å². The number of aromatic nitrogens is 2. The Morgan fingerprint density at radius 1 is 1.10 bits per heavy atom. The van der Waals surface area contributed by atoms with Gasteiger partial charge in [0.2, 0.25) is 5.91 Å². The molecule has 20 heteroatoms. The number of nitrogens with one attached hydrogen (secondary N) is 3. The number of aromatic hydroxyl groups is 1. The fourth-order valence-electron chi connectivity index (χ4n) is 11.9. The maximum absolute atomic E-state index is 17.2. The summed E-state index contributed by atoms with van der Waals surface area (Å²) < 4.78 is 58.2. The second-order valence-corrected chi connectivity index (χ2v) is 22.8. The van der Waals surface area contributed by atoms with E-state index >= 15 is 4.39 Å². The minimum absolute atomic E-state index is 0.0710.